The topological polar surface area (TPSA) is 80.5 Å². The average molecular weight is 406 g/mol. The Balaban J connectivity index is 1.43. The van der Waals surface area contributed by atoms with E-state index in [9.17, 15) is 4.79 Å². The number of aromatic nitrogens is 2. The number of hydrogen-bond donors (Lipinski definition) is 1. The smallest absolute Gasteiger partial charge is 0.324 e. The van der Waals surface area contributed by atoms with Gasteiger partial charge in [-0.2, -0.15) is 4.98 Å². The SMILES string of the molecule is CCc1ccccc1NC(=O)[C@H]1CCCN(c2nc(-c3ccc(OC)cc3)no2)C1. The Hall–Kier alpha value is -3.35. The van der Waals surface area contributed by atoms with Crippen LogP contribution in [0.5, 0.6) is 5.75 Å². The predicted molar refractivity (Wildman–Crippen MR) is 116 cm³/mol. The Labute approximate surface area is 176 Å². The van der Waals surface area contributed by atoms with Crippen LogP contribution >= 0.6 is 0 Å². The Bertz CT molecular complexity index is 1000. The zero-order chi connectivity index (χ0) is 20.9. The van der Waals surface area contributed by atoms with Gasteiger partial charge in [-0.15, -0.1) is 0 Å². The van der Waals surface area contributed by atoms with E-state index in [-0.39, 0.29) is 11.8 Å². The molecule has 156 valence electrons. The summed E-state index contributed by atoms with van der Waals surface area (Å²) in [5.74, 6) is 1.21. The zero-order valence-corrected chi connectivity index (χ0v) is 17.3. The molecule has 1 N–H and O–H groups in total. The lowest BCUT2D eigenvalue weighted by Crippen LogP contribution is -2.41. The van der Waals surface area contributed by atoms with Gasteiger partial charge in [0.15, 0.2) is 0 Å². The fraction of sp³-hybridized carbons (Fsp3) is 0.348. The molecule has 0 saturated carbocycles. The summed E-state index contributed by atoms with van der Waals surface area (Å²) in [5.41, 5.74) is 2.88. The van der Waals surface area contributed by atoms with Crippen LogP contribution in [0.3, 0.4) is 0 Å². The maximum atomic E-state index is 12.9. The van der Waals surface area contributed by atoms with Crippen LogP contribution in [0.15, 0.2) is 53.1 Å². The minimum Gasteiger partial charge on any atom is -0.497 e. The van der Waals surface area contributed by atoms with Gasteiger partial charge in [-0.1, -0.05) is 30.3 Å². The number of anilines is 2. The van der Waals surface area contributed by atoms with Crippen molar-refractivity contribution in [1.29, 1.82) is 0 Å². The standard InChI is InChI=1S/C23H26N4O3/c1-3-16-7-4-5-9-20(16)24-22(28)18-8-6-14-27(15-18)23-25-21(26-30-23)17-10-12-19(29-2)13-11-17/h4-5,7,9-13,18H,3,6,8,14-15H2,1-2H3,(H,24,28)/t18-/m0/s1. The van der Waals surface area contributed by atoms with Crippen molar-refractivity contribution in [1.82, 2.24) is 10.1 Å². The molecule has 1 atom stereocenters. The fourth-order valence-corrected chi connectivity index (χ4v) is 3.75. The number of aryl methyl sites for hydroxylation is 1. The van der Waals surface area contributed by atoms with Crippen molar-refractivity contribution in [3.63, 3.8) is 0 Å². The van der Waals surface area contributed by atoms with Crippen molar-refractivity contribution in [2.24, 2.45) is 5.92 Å². The van der Waals surface area contributed by atoms with Crippen LogP contribution in [0.25, 0.3) is 11.4 Å². The van der Waals surface area contributed by atoms with Crippen LogP contribution in [-0.2, 0) is 11.2 Å². The molecule has 0 aliphatic carbocycles. The molecular weight excluding hydrogens is 380 g/mol. The minimum absolute atomic E-state index is 0.0375. The van der Waals surface area contributed by atoms with Gasteiger partial charge in [0, 0.05) is 24.3 Å². The molecule has 2 aromatic carbocycles. The first-order valence-electron chi connectivity index (χ1n) is 10.3. The highest BCUT2D eigenvalue weighted by Crippen LogP contribution is 2.27. The highest BCUT2D eigenvalue weighted by molar-refractivity contribution is 5.93. The Kier molecular flexibility index (Phi) is 5.97. The van der Waals surface area contributed by atoms with Gasteiger partial charge in [-0.3, -0.25) is 4.79 Å². The van der Waals surface area contributed by atoms with Crippen molar-refractivity contribution in [3.8, 4) is 17.1 Å². The number of amides is 1. The molecule has 30 heavy (non-hydrogen) atoms. The first kappa shape index (κ1) is 19.9. The van der Waals surface area contributed by atoms with Crippen molar-refractivity contribution >= 4 is 17.6 Å². The van der Waals surface area contributed by atoms with Crippen LogP contribution in [0, 0.1) is 5.92 Å². The fourth-order valence-electron chi connectivity index (χ4n) is 3.75. The largest absolute Gasteiger partial charge is 0.497 e. The van der Waals surface area contributed by atoms with E-state index in [4.69, 9.17) is 9.26 Å². The minimum atomic E-state index is -0.125. The molecule has 1 aliphatic rings. The highest BCUT2D eigenvalue weighted by atomic mass is 16.5. The Morgan fingerprint density at radius 2 is 2.03 bits per heavy atom. The van der Waals surface area contributed by atoms with Crippen LogP contribution in [0.2, 0.25) is 0 Å². The average Bonchev–Trinajstić information content (AvgIpc) is 3.30. The van der Waals surface area contributed by atoms with Crippen LogP contribution in [-0.4, -0.2) is 36.2 Å². The number of hydrogen-bond acceptors (Lipinski definition) is 6. The molecule has 1 aliphatic heterocycles. The summed E-state index contributed by atoms with van der Waals surface area (Å²) < 4.78 is 10.7. The van der Waals surface area contributed by atoms with E-state index in [1.807, 2.05) is 53.4 Å². The van der Waals surface area contributed by atoms with Gasteiger partial charge >= 0.3 is 6.01 Å². The van der Waals surface area contributed by atoms with E-state index < -0.39 is 0 Å². The van der Waals surface area contributed by atoms with Crippen LogP contribution in [0.1, 0.15) is 25.3 Å². The van der Waals surface area contributed by atoms with E-state index in [2.05, 4.69) is 22.4 Å². The third-order valence-corrected chi connectivity index (χ3v) is 5.48. The number of methoxy groups -OCH3 is 1. The summed E-state index contributed by atoms with van der Waals surface area (Å²) in [6.45, 7) is 3.44. The van der Waals surface area contributed by atoms with E-state index in [1.165, 1.54) is 0 Å². The zero-order valence-electron chi connectivity index (χ0n) is 17.3. The molecule has 1 fully saturated rings. The lowest BCUT2D eigenvalue weighted by atomic mass is 9.97. The first-order valence-corrected chi connectivity index (χ1v) is 10.3. The van der Waals surface area contributed by atoms with Gasteiger partial charge in [0.05, 0.1) is 13.0 Å². The third-order valence-electron chi connectivity index (χ3n) is 5.48. The van der Waals surface area contributed by atoms with Crippen LogP contribution in [0.4, 0.5) is 11.7 Å². The summed E-state index contributed by atoms with van der Waals surface area (Å²) in [4.78, 5) is 19.4. The number of benzene rings is 2. The second-order valence-corrected chi connectivity index (χ2v) is 7.41. The van der Waals surface area contributed by atoms with Gasteiger partial charge in [0.2, 0.25) is 11.7 Å². The summed E-state index contributed by atoms with van der Waals surface area (Å²) in [7, 11) is 1.63. The molecule has 2 heterocycles. The second-order valence-electron chi connectivity index (χ2n) is 7.41. The lowest BCUT2D eigenvalue weighted by molar-refractivity contribution is -0.120. The Morgan fingerprint density at radius 1 is 1.23 bits per heavy atom. The number of rotatable bonds is 6. The monoisotopic (exact) mass is 406 g/mol. The summed E-state index contributed by atoms with van der Waals surface area (Å²) in [5, 5.41) is 7.21. The Morgan fingerprint density at radius 3 is 2.80 bits per heavy atom. The third kappa shape index (κ3) is 4.30. The van der Waals surface area contributed by atoms with Gasteiger partial charge in [0.25, 0.3) is 0 Å². The highest BCUT2D eigenvalue weighted by Gasteiger charge is 2.29. The van der Waals surface area contributed by atoms with E-state index in [0.717, 1.165) is 48.4 Å². The quantitative estimate of drug-likeness (QED) is 0.662. The van der Waals surface area contributed by atoms with Crippen molar-refractivity contribution < 1.29 is 14.1 Å². The first-order chi connectivity index (χ1) is 14.7. The van der Waals surface area contributed by atoms with E-state index in [0.29, 0.717) is 18.4 Å². The molecule has 1 aromatic heterocycles. The molecule has 1 amide bonds. The number of carbonyl (C=O) groups excluding carboxylic acids is 1. The summed E-state index contributed by atoms with van der Waals surface area (Å²) in [6.07, 6.45) is 2.62. The van der Waals surface area contributed by atoms with Gasteiger partial charge < -0.3 is 19.5 Å². The van der Waals surface area contributed by atoms with Crippen molar-refractivity contribution in [3.05, 3.63) is 54.1 Å². The predicted octanol–water partition coefficient (Wildman–Crippen LogP) is 4.16. The second kappa shape index (κ2) is 8.98. The van der Waals surface area contributed by atoms with Crippen molar-refractivity contribution in [2.75, 3.05) is 30.4 Å². The molecule has 4 rings (SSSR count). The number of ether oxygens (including phenoxy) is 1. The number of carbonyl (C=O) groups is 1. The molecule has 0 unspecified atom stereocenters. The molecule has 0 bridgehead atoms. The number of nitrogens with one attached hydrogen (secondary N) is 1. The molecule has 1 saturated heterocycles. The summed E-state index contributed by atoms with van der Waals surface area (Å²) >= 11 is 0. The normalized spacial score (nSPS) is 16.3. The maximum absolute atomic E-state index is 12.9. The molecule has 7 heteroatoms. The van der Waals surface area contributed by atoms with Gasteiger partial charge in [-0.25, -0.2) is 0 Å². The molecule has 0 spiro atoms. The molecule has 7 nitrogen and oxygen atoms in total. The number of para-hydroxylation sites is 1. The molecular formula is C23H26N4O3. The number of piperidine rings is 1. The molecule has 3 aromatic rings. The lowest BCUT2D eigenvalue weighted by Gasteiger charge is -2.30. The van der Waals surface area contributed by atoms with Gasteiger partial charge in [0.1, 0.15) is 5.75 Å². The van der Waals surface area contributed by atoms with E-state index in [1.54, 1.807) is 7.11 Å². The van der Waals surface area contributed by atoms with E-state index >= 15 is 0 Å². The summed E-state index contributed by atoms with van der Waals surface area (Å²) in [6, 6.07) is 15.9. The molecule has 0 radical (unpaired) electrons. The number of nitrogens with zero attached hydrogens (tertiary/aromatic N) is 3. The van der Waals surface area contributed by atoms with Gasteiger partial charge in [-0.05, 0) is 55.2 Å². The maximum Gasteiger partial charge on any atom is 0.324 e. The van der Waals surface area contributed by atoms with Crippen LogP contribution < -0.4 is 15.0 Å². The van der Waals surface area contributed by atoms with Crippen molar-refractivity contribution in [2.45, 2.75) is 26.2 Å².